The zero-order chi connectivity index (χ0) is 16.7. The van der Waals surface area contributed by atoms with Crippen molar-refractivity contribution in [3.05, 3.63) is 53.7 Å². The Morgan fingerprint density at radius 2 is 1.87 bits per heavy atom. The van der Waals surface area contributed by atoms with Crippen LogP contribution in [0.3, 0.4) is 0 Å². The third kappa shape index (κ3) is 5.53. The third-order valence-corrected chi connectivity index (χ3v) is 3.82. The molecule has 2 rings (SSSR count). The van der Waals surface area contributed by atoms with Gasteiger partial charge in [0.25, 0.3) is 0 Å². The van der Waals surface area contributed by atoms with Gasteiger partial charge in [-0.2, -0.15) is 0 Å². The molecule has 0 aliphatic carbocycles. The van der Waals surface area contributed by atoms with Crippen molar-refractivity contribution in [3.63, 3.8) is 0 Å². The molecule has 2 N–H and O–H groups in total. The normalized spacial score (nSPS) is 10.2. The molecule has 5 heteroatoms. The van der Waals surface area contributed by atoms with Crippen LogP contribution in [0.4, 0.5) is 11.5 Å². The van der Waals surface area contributed by atoms with Gasteiger partial charge in [0.15, 0.2) is 5.11 Å². The molecular formula is C18H24N4S. The summed E-state index contributed by atoms with van der Waals surface area (Å²) in [4.78, 5) is 6.70. The van der Waals surface area contributed by atoms with Gasteiger partial charge in [-0.05, 0) is 57.3 Å². The Balaban J connectivity index is 1.80. The molecule has 0 radical (unpaired) electrons. The summed E-state index contributed by atoms with van der Waals surface area (Å²) in [6.07, 6.45) is 0. The van der Waals surface area contributed by atoms with Gasteiger partial charge in [-0.15, -0.1) is 0 Å². The van der Waals surface area contributed by atoms with E-state index in [9.17, 15) is 0 Å². The summed E-state index contributed by atoms with van der Waals surface area (Å²) >= 11 is 5.32. The van der Waals surface area contributed by atoms with Crippen LogP contribution in [0.15, 0.2) is 42.5 Å². The van der Waals surface area contributed by atoms with Crippen molar-refractivity contribution < 1.29 is 0 Å². The van der Waals surface area contributed by atoms with Crippen LogP contribution in [-0.4, -0.2) is 29.7 Å². The van der Waals surface area contributed by atoms with E-state index in [1.165, 1.54) is 11.3 Å². The Morgan fingerprint density at radius 3 is 2.52 bits per heavy atom. The highest BCUT2D eigenvalue weighted by Crippen LogP contribution is 2.14. The molecule has 122 valence electrons. The zero-order valence-electron chi connectivity index (χ0n) is 14.0. The maximum atomic E-state index is 5.32. The molecule has 0 fully saturated rings. The number of aryl methyl sites for hydroxylation is 2. The van der Waals surface area contributed by atoms with Crippen LogP contribution < -0.4 is 15.5 Å². The number of nitrogens with zero attached hydrogens (tertiary/aromatic N) is 2. The minimum Gasteiger partial charge on any atom is -0.370 e. The number of thiocarbonyl (C=S) groups is 1. The highest BCUT2D eigenvalue weighted by molar-refractivity contribution is 7.80. The molecule has 0 bridgehead atoms. The van der Waals surface area contributed by atoms with Crippen molar-refractivity contribution >= 4 is 28.8 Å². The quantitative estimate of drug-likeness (QED) is 0.794. The van der Waals surface area contributed by atoms with Gasteiger partial charge >= 0.3 is 0 Å². The lowest BCUT2D eigenvalue weighted by Crippen LogP contribution is -2.37. The maximum absolute atomic E-state index is 5.32. The fraction of sp³-hybridized carbons (Fsp3) is 0.333. The summed E-state index contributed by atoms with van der Waals surface area (Å²) < 4.78 is 0. The van der Waals surface area contributed by atoms with Crippen molar-refractivity contribution in [2.45, 2.75) is 20.8 Å². The van der Waals surface area contributed by atoms with Crippen molar-refractivity contribution in [1.29, 1.82) is 0 Å². The van der Waals surface area contributed by atoms with Crippen LogP contribution in [0, 0.1) is 13.8 Å². The average Bonchev–Trinajstić information content (AvgIpc) is 2.53. The number of anilines is 2. The second-order valence-electron chi connectivity index (χ2n) is 5.46. The molecule has 0 saturated heterocycles. The lowest BCUT2D eigenvalue weighted by atomic mass is 10.2. The third-order valence-electron chi connectivity index (χ3n) is 3.58. The van der Waals surface area contributed by atoms with Crippen LogP contribution in [-0.2, 0) is 0 Å². The minimum absolute atomic E-state index is 0.600. The smallest absolute Gasteiger partial charge is 0.172 e. The number of hydrogen-bond donors (Lipinski definition) is 2. The Morgan fingerprint density at radius 1 is 1.13 bits per heavy atom. The molecular weight excluding hydrogens is 304 g/mol. The van der Waals surface area contributed by atoms with Gasteiger partial charge < -0.3 is 15.5 Å². The summed E-state index contributed by atoms with van der Waals surface area (Å²) in [5.74, 6) is 0.772. The van der Waals surface area contributed by atoms with Crippen LogP contribution in [0.2, 0.25) is 0 Å². The molecule has 23 heavy (non-hydrogen) atoms. The van der Waals surface area contributed by atoms with E-state index >= 15 is 0 Å². The second kappa shape index (κ2) is 8.48. The van der Waals surface area contributed by atoms with Crippen LogP contribution in [0.1, 0.15) is 18.2 Å². The highest BCUT2D eigenvalue weighted by atomic mass is 32.1. The second-order valence-corrected chi connectivity index (χ2v) is 5.87. The maximum Gasteiger partial charge on any atom is 0.172 e. The Hall–Kier alpha value is -2.14. The SMILES string of the molecule is CCN(CCNC(=S)Nc1cccc(C)n1)c1ccc(C)cc1. The number of aromatic nitrogens is 1. The topological polar surface area (TPSA) is 40.2 Å². The molecule has 4 nitrogen and oxygen atoms in total. The van der Waals surface area contributed by atoms with E-state index in [2.05, 4.69) is 58.6 Å². The number of benzene rings is 1. The van der Waals surface area contributed by atoms with Gasteiger partial charge in [0.1, 0.15) is 5.82 Å². The van der Waals surface area contributed by atoms with Gasteiger partial charge in [0.2, 0.25) is 0 Å². The van der Waals surface area contributed by atoms with Crippen molar-refractivity contribution in [3.8, 4) is 0 Å². The number of likely N-dealkylation sites (N-methyl/N-ethyl adjacent to an activating group) is 1. The fourth-order valence-corrected chi connectivity index (χ4v) is 2.51. The van der Waals surface area contributed by atoms with Gasteiger partial charge in [-0.1, -0.05) is 23.8 Å². The molecule has 0 spiro atoms. The van der Waals surface area contributed by atoms with E-state index in [-0.39, 0.29) is 0 Å². The predicted octanol–water partition coefficient (Wildman–Crippen LogP) is 3.51. The van der Waals surface area contributed by atoms with Gasteiger partial charge in [0, 0.05) is 31.0 Å². The van der Waals surface area contributed by atoms with E-state index < -0.39 is 0 Å². The first kappa shape index (κ1) is 17.2. The van der Waals surface area contributed by atoms with E-state index in [1.807, 2.05) is 25.1 Å². The summed E-state index contributed by atoms with van der Waals surface area (Å²) in [6, 6.07) is 14.4. The lowest BCUT2D eigenvalue weighted by molar-refractivity contribution is 0.779. The highest BCUT2D eigenvalue weighted by Gasteiger charge is 2.04. The molecule has 1 aromatic heterocycles. The van der Waals surface area contributed by atoms with Crippen molar-refractivity contribution in [2.75, 3.05) is 29.9 Å². The predicted molar refractivity (Wildman–Crippen MR) is 102 cm³/mol. The molecule has 1 aromatic carbocycles. The Labute approximate surface area is 143 Å². The number of hydrogen-bond acceptors (Lipinski definition) is 3. The first-order valence-corrected chi connectivity index (χ1v) is 8.29. The fourth-order valence-electron chi connectivity index (χ4n) is 2.30. The molecule has 2 aromatic rings. The summed E-state index contributed by atoms with van der Waals surface area (Å²) in [6.45, 7) is 8.85. The zero-order valence-corrected chi connectivity index (χ0v) is 14.8. The van der Waals surface area contributed by atoms with Crippen LogP contribution >= 0.6 is 12.2 Å². The van der Waals surface area contributed by atoms with Gasteiger partial charge in [-0.25, -0.2) is 4.98 Å². The number of pyridine rings is 1. The average molecular weight is 328 g/mol. The summed E-state index contributed by atoms with van der Waals surface area (Å²) in [5.41, 5.74) is 3.48. The standard InChI is InChI=1S/C18H24N4S/c1-4-22(16-10-8-14(2)9-11-16)13-12-19-18(23)21-17-7-5-6-15(3)20-17/h5-11H,4,12-13H2,1-3H3,(H2,19,20,21,23). The number of rotatable bonds is 6. The van der Waals surface area contributed by atoms with E-state index in [1.54, 1.807) is 0 Å². The van der Waals surface area contributed by atoms with E-state index in [4.69, 9.17) is 12.2 Å². The summed E-state index contributed by atoms with van der Waals surface area (Å²) in [5, 5.41) is 6.95. The lowest BCUT2D eigenvalue weighted by Gasteiger charge is -2.23. The monoisotopic (exact) mass is 328 g/mol. The van der Waals surface area contributed by atoms with Crippen molar-refractivity contribution in [1.82, 2.24) is 10.3 Å². The largest absolute Gasteiger partial charge is 0.370 e. The first-order valence-electron chi connectivity index (χ1n) is 7.88. The van der Waals surface area contributed by atoms with E-state index in [0.29, 0.717) is 5.11 Å². The van der Waals surface area contributed by atoms with Gasteiger partial charge in [0.05, 0.1) is 0 Å². The van der Waals surface area contributed by atoms with Crippen LogP contribution in [0.5, 0.6) is 0 Å². The van der Waals surface area contributed by atoms with Crippen molar-refractivity contribution in [2.24, 2.45) is 0 Å². The Kier molecular flexibility index (Phi) is 6.35. The molecule has 1 heterocycles. The molecule has 0 aliphatic rings. The molecule has 0 saturated carbocycles. The molecule has 0 atom stereocenters. The minimum atomic E-state index is 0.600. The molecule has 0 unspecified atom stereocenters. The molecule has 0 amide bonds. The van der Waals surface area contributed by atoms with E-state index in [0.717, 1.165) is 31.1 Å². The first-order chi connectivity index (χ1) is 11.1. The number of nitrogens with one attached hydrogen (secondary N) is 2. The summed E-state index contributed by atoms with van der Waals surface area (Å²) in [7, 11) is 0. The Bertz CT molecular complexity index is 640. The van der Waals surface area contributed by atoms with Gasteiger partial charge in [-0.3, -0.25) is 0 Å². The van der Waals surface area contributed by atoms with Crippen LogP contribution in [0.25, 0.3) is 0 Å². The molecule has 0 aliphatic heterocycles.